The van der Waals surface area contributed by atoms with Gasteiger partial charge in [0, 0.05) is 6.54 Å². The molecule has 0 bridgehead atoms. The molecular weight excluding hydrogens is 365 g/mol. The van der Waals surface area contributed by atoms with E-state index in [2.05, 4.69) is 17.4 Å². The van der Waals surface area contributed by atoms with Gasteiger partial charge in [-0.05, 0) is 73.8 Å². The summed E-state index contributed by atoms with van der Waals surface area (Å²) in [6.07, 6.45) is 1.13. The average Bonchev–Trinajstić information content (AvgIpc) is 2.70. The predicted octanol–water partition coefficient (Wildman–Crippen LogP) is 6.26. The molecule has 0 fully saturated rings. The van der Waals surface area contributed by atoms with Crippen molar-refractivity contribution in [1.82, 2.24) is 5.01 Å². The summed E-state index contributed by atoms with van der Waals surface area (Å²) in [5, 5.41) is 4.72. The van der Waals surface area contributed by atoms with Crippen LogP contribution in [0, 0.1) is 4.91 Å². The third-order valence-electron chi connectivity index (χ3n) is 5.54. The molecule has 1 aliphatic rings. The molecule has 0 spiro atoms. The molecule has 6 heteroatoms. The summed E-state index contributed by atoms with van der Waals surface area (Å²) in [5.41, 5.74) is 3.79. The number of aryl methyl sites for hydroxylation is 2. The highest BCUT2D eigenvalue weighted by molar-refractivity contribution is 5.38. The van der Waals surface area contributed by atoms with Gasteiger partial charge in [-0.25, -0.2) is 0 Å². The van der Waals surface area contributed by atoms with Gasteiger partial charge in [0.1, 0.15) is 0 Å². The summed E-state index contributed by atoms with van der Waals surface area (Å²) in [6, 6.07) is 11.4. The molecule has 1 unspecified atom stereocenters. The van der Waals surface area contributed by atoms with Crippen LogP contribution in [-0.4, -0.2) is 11.6 Å². The second kappa shape index (κ2) is 8.76. The van der Waals surface area contributed by atoms with Crippen LogP contribution < -0.4 is 0 Å². The molecule has 0 radical (unpaired) electrons. The van der Waals surface area contributed by atoms with Crippen molar-refractivity contribution in [2.24, 2.45) is 5.29 Å². The molecule has 0 aliphatic heterocycles. The first-order chi connectivity index (χ1) is 13.4. The molecule has 3 nitrogen and oxygen atoms in total. The molecule has 0 amide bonds. The van der Waals surface area contributed by atoms with Gasteiger partial charge < -0.3 is 0 Å². The second-order valence-electron chi connectivity index (χ2n) is 7.41. The average molecular weight is 390 g/mol. The summed E-state index contributed by atoms with van der Waals surface area (Å²) in [6.45, 7) is 2.38. The lowest BCUT2D eigenvalue weighted by Crippen LogP contribution is -2.24. The van der Waals surface area contributed by atoms with Crippen molar-refractivity contribution in [3.63, 3.8) is 0 Å². The fraction of sp³-hybridized carbons (Fsp3) is 0.455. The maximum atomic E-state index is 12.8. The number of benzene rings is 2. The van der Waals surface area contributed by atoms with Crippen LogP contribution in [0.15, 0.2) is 47.8 Å². The maximum absolute atomic E-state index is 12.8. The summed E-state index contributed by atoms with van der Waals surface area (Å²) in [7, 11) is 0. The standard InChI is InChI=1S/C22H25F3N2O/c1-16(20-13-5-10-18-9-2-3-12-21(18)20)27(26-28)14-6-8-17-7-4-11-19(15-17)22(23,24)25/h4-5,7,10-11,13,15-16H,2-3,6,8-9,12,14H2,1H3. The predicted molar refractivity (Wildman–Crippen MR) is 104 cm³/mol. The van der Waals surface area contributed by atoms with Crippen molar-refractivity contribution in [3.05, 3.63) is 75.2 Å². The van der Waals surface area contributed by atoms with E-state index in [0.29, 0.717) is 24.9 Å². The minimum Gasteiger partial charge on any atom is -0.254 e. The van der Waals surface area contributed by atoms with Crippen LogP contribution in [0.3, 0.4) is 0 Å². The quantitative estimate of drug-likeness (QED) is 0.413. The zero-order valence-corrected chi connectivity index (χ0v) is 16.0. The third-order valence-corrected chi connectivity index (χ3v) is 5.54. The number of rotatable bonds is 7. The number of alkyl halides is 3. The van der Waals surface area contributed by atoms with E-state index in [-0.39, 0.29) is 6.04 Å². The Kier molecular flexibility index (Phi) is 6.37. The molecule has 0 N–H and O–H groups in total. The molecule has 0 saturated heterocycles. The number of fused-ring (bicyclic) bond motifs is 1. The van der Waals surface area contributed by atoms with Gasteiger partial charge in [0.05, 0.1) is 16.9 Å². The SMILES string of the molecule is CC(c1cccc2c1CCCC2)N(CCCc1cccc(C(F)(F)F)c1)N=O. The lowest BCUT2D eigenvalue weighted by Gasteiger charge is -2.28. The largest absolute Gasteiger partial charge is 0.416 e. The monoisotopic (exact) mass is 390 g/mol. The smallest absolute Gasteiger partial charge is 0.254 e. The Morgan fingerprint density at radius 3 is 2.61 bits per heavy atom. The van der Waals surface area contributed by atoms with Crippen molar-refractivity contribution < 1.29 is 13.2 Å². The van der Waals surface area contributed by atoms with Crippen molar-refractivity contribution >= 4 is 0 Å². The lowest BCUT2D eigenvalue weighted by molar-refractivity contribution is -0.137. The zero-order chi connectivity index (χ0) is 20.1. The number of hydrogen-bond donors (Lipinski definition) is 0. The van der Waals surface area contributed by atoms with Crippen molar-refractivity contribution in [2.45, 2.75) is 57.7 Å². The third kappa shape index (κ3) is 4.72. The van der Waals surface area contributed by atoms with Crippen molar-refractivity contribution in [3.8, 4) is 0 Å². The van der Waals surface area contributed by atoms with Crippen LogP contribution in [0.25, 0.3) is 0 Å². The molecule has 1 aliphatic carbocycles. The number of halogens is 3. The van der Waals surface area contributed by atoms with Gasteiger partial charge in [0.2, 0.25) is 0 Å². The first kappa shape index (κ1) is 20.4. The minimum atomic E-state index is -4.34. The van der Waals surface area contributed by atoms with Gasteiger partial charge >= 0.3 is 6.18 Å². The summed E-state index contributed by atoms with van der Waals surface area (Å²) in [5.74, 6) is 0. The Morgan fingerprint density at radius 1 is 1.11 bits per heavy atom. The Morgan fingerprint density at radius 2 is 1.86 bits per heavy atom. The highest BCUT2D eigenvalue weighted by Crippen LogP contribution is 2.32. The van der Waals surface area contributed by atoms with E-state index in [0.717, 1.165) is 30.9 Å². The van der Waals surface area contributed by atoms with E-state index < -0.39 is 11.7 Å². The Hall–Kier alpha value is -2.37. The molecule has 28 heavy (non-hydrogen) atoms. The van der Waals surface area contributed by atoms with Gasteiger partial charge in [-0.15, -0.1) is 4.91 Å². The van der Waals surface area contributed by atoms with Crippen molar-refractivity contribution in [2.75, 3.05) is 6.54 Å². The van der Waals surface area contributed by atoms with Crippen LogP contribution in [-0.2, 0) is 25.4 Å². The van der Waals surface area contributed by atoms with Gasteiger partial charge in [-0.3, -0.25) is 5.01 Å². The zero-order valence-electron chi connectivity index (χ0n) is 16.0. The van der Waals surface area contributed by atoms with Crippen LogP contribution in [0.1, 0.15) is 60.0 Å². The molecular formula is C22H25F3N2O. The maximum Gasteiger partial charge on any atom is 0.416 e. The van der Waals surface area contributed by atoms with E-state index in [9.17, 15) is 18.1 Å². The normalized spacial score (nSPS) is 15.0. The summed E-state index contributed by atoms with van der Waals surface area (Å²) in [4.78, 5) is 11.4. The van der Waals surface area contributed by atoms with Gasteiger partial charge in [0.25, 0.3) is 0 Å². The summed E-state index contributed by atoms with van der Waals surface area (Å²) >= 11 is 0. The fourth-order valence-corrected chi connectivity index (χ4v) is 4.02. The molecule has 1 atom stereocenters. The van der Waals surface area contributed by atoms with Crippen molar-refractivity contribution in [1.29, 1.82) is 0 Å². The molecule has 0 heterocycles. The van der Waals surface area contributed by atoms with Crippen LogP contribution in [0.2, 0.25) is 0 Å². The van der Waals surface area contributed by atoms with E-state index in [1.165, 1.54) is 34.7 Å². The minimum absolute atomic E-state index is 0.146. The molecule has 2 aromatic rings. The van der Waals surface area contributed by atoms with Crippen LogP contribution >= 0.6 is 0 Å². The number of nitroso groups, excluding NO2 is 1. The van der Waals surface area contributed by atoms with E-state index in [1.54, 1.807) is 6.07 Å². The Labute approximate surface area is 163 Å². The molecule has 0 saturated carbocycles. The summed E-state index contributed by atoms with van der Waals surface area (Å²) < 4.78 is 38.5. The fourth-order valence-electron chi connectivity index (χ4n) is 4.02. The first-order valence-corrected chi connectivity index (χ1v) is 9.77. The van der Waals surface area contributed by atoms with Gasteiger partial charge in [-0.2, -0.15) is 13.2 Å². The highest BCUT2D eigenvalue weighted by atomic mass is 19.4. The molecule has 3 rings (SSSR count). The number of hydrogen-bond acceptors (Lipinski definition) is 2. The van der Waals surface area contributed by atoms with E-state index in [4.69, 9.17) is 0 Å². The first-order valence-electron chi connectivity index (χ1n) is 9.77. The lowest BCUT2D eigenvalue weighted by atomic mass is 9.86. The van der Waals surface area contributed by atoms with Crippen LogP contribution in [0.4, 0.5) is 13.2 Å². The van der Waals surface area contributed by atoms with Gasteiger partial charge in [0.15, 0.2) is 0 Å². The Balaban J connectivity index is 1.64. The van der Waals surface area contributed by atoms with E-state index in [1.807, 2.05) is 13.0 Å². The molecule has 0 aromatic heterocycles. The van der Waals surface area contributed by atoms with Crippen LogP contribution in [0.5, 0.6) is 0 Å². The van der Waals surface area contributed by atoms with E-state index >= 15 is 0 Å². The topological polar surface area (TPSA) is 32.7 Å². The number of nitrogens with zero attached hydrogens (tertiary/aromatic N) is 2. The highest BCUT2D eigenvalue weighted by Gasteiger charge is 2.30. The molecule has 150 valence electrons. The second-order valence-corrected chi connectivity index (χ2v) is 7.41. The molecule has 2 aromatic carbocycles. The van der Waals surface area contributed by atoms with Gasteiger partial charge in [-0.1, -0.05) is 36.4 Å². The Bertz CT molecular complexity index is 820.